The fourth-order valence-electron chi connectivity index (χ4n) is 2.41. The number of ether oxygens (including phenoxy) is 1. The monoisotopic (exact) mass is 437 g/mol. The van der Waals surface area contributed by atoms with Crippen molar-refractivity contribution in [1.82, 2.24) is 16.0 Å². The first-order chi connectivity index (χ1) is 14.8. The summed E-state index contributed by atoms with van der Waals surface area (Å²) in [6.45, 7) is 0.224. The molecule has 5 N–H and O–H groups in total. The van der Waals surface area contributed by atoms with Gasteiger partial charge in [0.25, 0.3) is 0 Å². The minimum atomic E-state index is -1.11. The van der Waals surface area contributed by atoms with E-state index in [-0.39, 0.29) is 51.8 Å². The molecule has 170 valence electrons. The Morgan fingerprint density at radius 3 is 2.06 bits per heavy atom. The molecule has 3 amide bonds. The average molecular weight is 437 g/mol. The second-order valence-electron chi connectivity index (χ2n) is 6.63. The second-order valence-corrected chi connectivity index (χ2v) is 6.63. The molecule has 0 heterocycles. The zero-order valence-corrected chi connectivity index (χ0v) is 17.0. The fraction of sp³-hybridized carbons (Fsp3) is 0.450. The summed E-state index contributed by atoms with van der Waals surface area (Å²) in [5.74, 6) is -3.23. The minimum Gasteiger partial charge on any atom is -0.481 e. The largest absolute Gasteiger partial charge is 0.481 e. The maximum Gasteiger partial charge on any atom is 0.407 e. The van der Waals surface area contributed by atoms with E-state index in [4.69, 9.17) is 14.9 Å². The quantitative estimate of drug-likeness (QED) is 0.282. The summed E-state index contributed by atoms with van der Waals surface area (Å²) in [7, 11) is 0. The summed E-state index contributed by atoms with van der Waals surface area (Å²) in [5.41, 5.74) is 0.824. The predicted molar refractivity (Wildman–Crippen MR) is 108 cm³/mol. The Morgan fingerprint density at radius 1 is 0.839 bits per heavy atom. The third-order valence-electron chi connectivity index (χ3n) is 4.02. The SMILES string of the molecule is O=C(O)CCC(=O)NC[C@H](CCNC(=O)OCc1ccccc1)NC(=O)CCC(=O)O. The molecule has 1 aromatic carbocycles. The van der Waals surface area contributed by atoms with Crippen LogP contribution in [0.3, 0.4) is 0 Å². The van der Waals surface area contributed by atoms with E-state index < -0.39 is 35.9 Å². The number of aliphatic carboxylic acids is 2. The molecule has 0 bridgehead atoms. The standard InChI is InChI=1S/C20H27N3O8/c24-16(6-8-18(26)27)22-12-15(23-17(25)7-9-19(28)29)10-11-21-20(30)31-13-14-4-2-1-3-5-14/h1-5,15H,6-13H2,(H,21,30)(H,22,24)(H,23,25)(H,26,27)(H,28,29)/t15-/m0/s1. The Balaban J connectivity index is 2.44. The van der Waals surface area contributed by atoms with Crippen molar-refractivity contribution in [3.05, 3.63) is 35.9 Å². The van der Waals surface area contributed by atoms with Crippen molar-refractivity contribution in [2.45, 2.75) is 44.8 Å². The topological polar surface area (TPSA) is 171 Å². The van der Waals surface area contributed by atoms with E-state index in [1.165, 1.54) is 0 Å². The summed E-state index contributed by atoms with van der Waals surface area (Å²) in [4.78, 5) is 56.5. The lowest BCUT2D eigenvalue weighted by Gasteiger charge is -2.19. The Kier molecular flexibility index (Phi) is 11.8. The van der Waals surface area contributed by atoms with Crippen molar-refractivity contribution in [3.63, 3.8) is 0 Å². The van der Waals surface area contributed by atoms with Gasteiger partial charge >= 0.3 is 18.0 Å². The number of amides is 3. The first kappa shape index (κ1) is 25.4. The van der Waals surface area contributed by atoms with Crippen molar-refractivity contribution >= 4 is 29.8 Å². The lowest BCUT2D eigenvalue weighted by atomic mass is 10.1. The molecule has 11 heteroatoms. The Morgan fingerprint density at radius 2 is 1.45 bits per heavy atom. The summed E-state index contributed by atoms with van der Waals surface area (Å²) in [5, 5.41) is 24.9. The normalized spacial score (nSPS) is 11.1. The molecular weight excluding hydrogens is 410 g/mol. The zero-order valence-electron chi connectivity index (χ0n) is 17.0. The summed E-state index contributed by atoms with van der Waals surface area (Å²) >= 11 is 0. The molecule has 0 aliphatic carbocycles. The molecule has 0 saturated heterocycles. The highest BCUT2D eigenvalue weighted by atomic mass is 16.5. The van der Waals surface area contributed by atoms with Crippen LogP contribution in [0.5, 0.6) is 0 Å². The van der Waals surface area contributed by atoms with Crippen LogP contribution in [0, 0.1) is 0 Å². The van der Waals surface area contributed by atoms with Gasteiger partial charge in [-0.2, -0.15) is 0 Å². The first-order valence-corrected chi connectivity index (χ1v) is 9.70. The summed E-state index contributed by atoms with van der Waals surface area (Å²) in [6.07, 6.45) is -1.52. The number of benzene rings is 1. The van der Waals surface area contributed by atoms with Crippen LogP contribution >= 0.6 is 0 Å². The van der Waals surface area contributed by atoms with Crippen LogP contribution in [0.25, 0.3) is 0 Å². The van der Waals surface area contributed by atoms with Gasteiger partial charge in [0.15, 0.2) is 0 Å². The molecule has 0 aromatic heterocycles. The molecule has 0 aliphatic heterocycles. The van der Waals surface area contributed by atoms with Gasteiger partial charge in [0, 0.05) is 32.0 Å². The third kappa shape index (κ3) is 13.3. The van der Waals surface area contributed by atoms with Gasteiger partial charge in [-0.05, 0) is 12.0 Å². The van der Waals surface area contributed by atoms with Crippen LogP contribution in [0.2, 0.25) is 0 Å². The van der Waals surface area contributed by atoms with Crippen molar-refractivity contribution in [2.24, 2.45) is 0 Å². The fourth-order valence-corrected chi connectivity index (χ4v) is 2.41. The molecule has 0 fully saturated rings. The summed E-state index contributed by atoms with van der Waals surface area (Å²) < 4.78 is 5.08. The molecule has 0 spiro atoms. The number of alkyl carbamates (subject to hydrolysis) is 1. The molecular formula is C20H27N3O8. The van der Waals surface area contributed by atoms with Gasteiger partial charge in [-0.15, -0.1) is 0 Å². The Labute approximate surface area is 179 Å². The Hall–Kier alpha value is -3.63. The number of rotatable bonds is 14. The van der Waals surface area contributed by atoms with Crippen LogP contribution in [0.1, 0.15) is 37.7 Å². The van der Waals surface area contributed by atoms with E-state index in [0.29, 0.717) is 0 Å². The van der Waals surface area contributed by atoms with Crippen molar-refractivity contribution in [2.75, 3.05) is 13.1 Å². The molecule has 0 unspecified atom stereocenters. The maximum atomic E-state index is 11.9. The number of carbonyl (C=O) groups excluding carboxylic acids is 3. The number of hydrogen-bond donors (Lipinski definition) is 5. The van der Waals surface area contributed by atoms with Crippen LogP contribution < -0.4 is 16.0 Å². The molecule has 1 rings (SSSR count). The van der Waals surface area contributed by atoms with Gasteiger partial charge in [-0.25, -0.2) is 4.79 Å². The van der Waals surface area contributed by atoms with E-state index in [2.05, 4.69) is 16.0 Å². The van der Waals surface area contributed by atoms with E-state index in [9.17, 15) is 24.0 Å². The van der Waals surface area contributed by atoms with Crippen molar-refractivity contribution in [1.29, 1.82) is 0 Å². The van der Waals surface area contributed by atoms with Gasteiger partial charge < -0.3 is 30.9 Å². The maximum absolute atomic E-state index is 11.9. The van der Waals surface area contributed by atoms with E-state index in [1.54, 1.807) is 0 Å². The predicted octanol–water partition coefficient (Wildman–Crippen LogP) is 0.633. The third-order valence-corrected chi connectivity index (χ3v) is 4.02. The first-order valence-electron chi connectivity index (χ1n) is 9.70. The van der Waals surface area contributed by atoms with E-state index in [1.807, 2.05) is 30.3 Å². The van der Waals surface area contributed by atoms with Gasteiger partial charge in [0.05, 0.1) is 12.8 Å². The number of carboxylic acid groups (broad SMARTS) is 2. The van der Waals surface area contributed by atoms with Gasteiger partial charge in [-0.3, -0.25) is 19.2 Å². The average Bonchev–Trinajstić information content (AvgIpc) is 2.73. The number of carbonyl (C=O) groups is 5. The van der Waals surface area contributed by atoms with Gasteiger partial charge in [0.2, 0.25) is 11.8 Å². The summed E-state index contributed by atoms with van der Waals surface area (Å²) in [6, 6.07) is 8.50. The highest BCUT2D eigenvalue weighted by molar-refractivity contribution is 5.82. The van der Waals surface area contributed by atoms with E-state index in [0.717, 1.165) is 5.56 Å². The molecule has 31 heavy (non-hydrogen) atoms. The molecule has 1 aromatic rings. The lowest BCUT2D eigenvalue weighted by Crippen LogP contribution is -2.45. The number of nitrogens with one attached hydrogen (secondary N) is 3. The van der Waals surface area contributed by atoms with Gasteiger partial charge in [-0.1, -0.05) is 30.3 Å². The van der Waals surface area contributed by atoms with Crippen LogP contribution in [0.15, 0.2) is 30.3 Å². The number of carboxylic acids is 2. The zero-order chi connectivity index (χ0) is 23.1. The number of hydrogen-bond acceptors (Lipinski definition) is 6. The molecule has 0 saturated carbocycles. The molecule has 0 aliphatic rings. The molecule has 1 atom stereocenters. The molecule has 0 radical (unpaired) electrons. The highest BCUT2D eigenvalue weighted by Crippen LogP contribution is 2.01. The van der Waals surface area contributed by atoms with Crippen LogP contribution in [0.4, 0.5) is 4.79 Å². The molecule has 11 nitrogen and oxygen atoms in total. The van der Waals surface area contributed by atoms with Crippen LogP contribution in [-0.2, 0) is 30.5 Å². The highest BCUT2D eigenvalue weighted by Gasteiger charge is 2.16. The lowest BCUT2D eigenvalue weighted by molar-refractivity contribution is -0.139. The van der Waals surface area contributed by atoms with E-state index >= 15 is 0 Å². The van der Waals surface area contributed by atoms with Gasteiger partial charge in [0.1, 0.15) is 6.61 Å². The smallest absolute Gasteiger partial charge is 0.407 e. The van der Waals surface area contributed by atoms with Crippen molar-refractivity contribution < 1.29 is 38.9 Å². The van der Waals surface area contributed by atoms with Crippen LogP contribution in [-0.4, -0.2) is 59.2 Å². The van der Waals surface area contributed by atoms with Crippen molar-refractivity contribution in [3.8, 4) is 0 Å². The minimum absolute atomic E-state index is 0.00198. The Bertz CT molecular complexity index is 754. The second kappa shape index (κ2) is 14.4.